The number of allylic oxidation sites excluding steroid dienone is 8. The first-order valence-corrected chi connectivity index (χ1v) is 3.61. The van der Waals surface area contributed by atoms with Gasteiger partial charge >= 0.3 is 0 Å². The van der Waals surface area contributed by atoms with Crippen molar-refractivity contribution >= 4 is 12.6 Å². The zero-order valence-electron chi connectivity index (χ0n) is 6.28. The standard InChI is InChI=1S/C10H6O2/c11-5-7-1-9-3-8(6-12)4-10(9)2-7/h1-6H. The molecule has 0 heterocycles. The zero-order chi connectivity index (χ0) is 8.55. The highest BCUT2D eigenvalue weighted by molar-refractivity contribution is 5.89. The predicted molar refractivity (Wildman–Crippen MR) is 44.5 cm³/mol. The van der Waals surface area contributed by atoms with Crippen molar-refractivity contribution in [3.8, 4) is 0 Å². The highest BCUT2D eigenvalue weighted by Crippen LogP contribution is 2.30. The zero-order valence-corrected chi connectivity index (χ0v) is 6.28. The molecule has 2 aliphatic rings. The molecule has 2 aliphatic carbocycles. The van der Waals surface area contributed by atoms with E-state index in [4.69, 9.17) is 0 Å². The molecule has 0 atom stereocenters. The molecule has 2 rings (SSSR count). The van der Waals surface area contributed by atoms with Crippen LogP contribution in [0.1, 0.15) is 0 Å². The van der Waals surface area contributed by atoms with Gasteiger partial charge in [-0.15, -0.1) is 0 Å². The van der Waals surface area contributed by atoms with Crippen LogP contribution in [0.4, 0.5) is 0 Å². The van der Waals surface area contributed by atoms with Gasteiger partial charge in [-0.3, -0.25) is 9.59 Å². The first kappa shape index (κ1) is 6.98. The van der Waals surface area contributed by atoms with Gasteiger partial charge in [0.15, 0.2) is 0 Å². The molecule has 0 bridgehead atoms. The van der Waals surface area contributed by atoms with Crippen LogP contribution in [0.25, 0.3) is 0 Å². The van der Waals surface area contributed by atoms with Gasteiger partial charge in [-0.25, -0.2) is 0 Å². The van der Waals surface area contributed by atoms with Crippen LogP contribution in [-0.4, -0.2) is 12.6 Å². The van der Waals surface area contributed by atoms with Crippen molar-refractivity contribution in [3.63, 3.8) is 0 Å². The van der Waals surface area contributed by atoms with Gasteiger partial charge < -0.3 is 0 Å². The minimum Gasteiger partial charge on any atom is -0.298 e. The number of hydrogen-bond donors (Lipinski definition) is 0. The molecule has 0 unspecified atom stereocenters. The van der Waals surface area contributed by atoms with Crippen molar-refractivity contribution in [1.82, 2.24) is 0 Å². The maximum absolute atomic E-state index is 10.4. The number of fused-ring (bicyclic) bond motifs is 1. The van der Waals surface area contributed by atoms with Crippen LogP contribution in [-0.2, 0) is 9.59 Å². The summed E-state index contributed by atoms with van der Waals surface area (Å²) >= 11 is 0. The lowest BCUT2D eigenvalue weighted by Crippen LogP contribution is -1.75. The van der Waals surface area contributed by atoms with Crippen LogP contribution >= 0.6 is 0 Å². The van der Waals surface area contributed by atoms with Gasteiger partial charge in [0.1, 0.15) is 12.6 Å². The van der Waals surface area contributed by atoms with E-state index in [1.807, 2.05) is 0 Å². The molecule has 2 nitrogen and oxygen atoms in total. The minimum atomic E-state index is 0.664. The van der Waals surface area contributed by atoms with Crippen LogP contribution in [0, 0.1) is 0 Å². The first-order chi connectivity index (χ1) is 5.83. The Hall–Kier alpha value is -1.70. The molecule has 2 heteroatoms. The molecular formula is C10H6O2. The summed E-state index contributed by atoms with van der Waals surface area (Å²) in [4.78, 5) is 20.7. The second kappa shape index (κ2) is 2.41. The Morgan fingerprint density at radius 3 is 1.50 bits per heavy atom. The summed E-state index contributed by atoms with van der Waals surface area (Å²) in [5.41, 5.74) is 3.24. The quantitative estimate of drug-likeness (QED) is 0.564. The number of carbonyl (C=O) groups is 2. The summed E-state index contributed by atoms with van der Waals surface area (Å²) in [7, 11) is 0. The molecule has 58 valence electrons. The van der Waals surface area contributed by atoms with Crippen LogP contribution in [0.2, 0.25) is 0 Å². The van der Waals surface area contributed by atoms with Gasteiger partial charge in [0.2, 0.25) is 0 Å². The average Bonchev–Trinajstić information content (AvgIpc) is 2.59. The fourth-order valence-corrected chi connectivity index (χ4v) is 1.35. The SMILES string of the molecule is O=CC1=CC2=CC(C=O)=CC2=C1. The summed E-state index contributed by atoms with van der Waals surface area (Å²) in [6, 6.07) is 0. The third-order valence-electron chi connectivity index (χ3n) is 1.89. The fraction of sp³-hybridized carbons (Fsp3) is 0. The van der Waals surface area contributed by atoms with Gasteiger partial charge in [0.25, 0.3) is 0 Å². The number of rotatable bonds is 2. The highest BCUT2D eigenvalue weighted by Gasteiger charge is 2.15. The fourth-order valence-electron chi connectivity index (χ4n) is 1.35. The average molecular weight is 158 g/mol. The third kappa shape index (κ3) is 0.889. The summed E-state index contributed by atoms with van der Waals surface area (Å²) < 4.78 is 0. The predicted octanol–water partition coefficient (Wildman–Crippen LogP) is 1.12. The number of hydrogen-bond acceptors (Lipinski definition) is 2. The highest BCUT2D eigenvalue weighted by atomic mass is 16.1. The van der Waals surface area contributed by atoms with E-state index in [2.05, 4.69) is 0 Å². The lowest BCUT2D eigenvalue weighted by Gasteiger charge is -1.85. The van der Waals surface area contributed by atoms with Gasteiger partial charge in [0.05, 0.1) is 0 Å². The normalized spacial score (nSPS) is 19.0. The molecule has 0 saturated heterocycles. The number of aldehydes is 2. The smallest absolute Gasteiger partial charge is 0.150 e. The Balaban J connectivity index is 2.40. The Morgan fingerprint density at radius 2 is 1.17 bits per heavy atom. The maximum Gasteiger partial charge on any atom is 0.150 e. The van der Waals surface area contributed by atoms with Crippen LogP contribution in [0.5, 0.6) is 0 Å². The van der Waals surface area contributed by atoms with Gasteiger partial charge in [0, 0.05) is 11.1 Å². The molecule has 0 aromatic rings. The number of carbonyl (C=O) groups excluding carboxylic acids is 2. The molecule has 0 aromatic carbocycles. The lowest BCUT2D eigenvalue weighted by molar-refractivity contribution is -0.105. The molecule has 0 aliphatic heterocycles. The van der Waals surface area contributed by atoms with E-state index < -0.39 is 0 Å². The van der Waals surface area contributed by atoms with E-state index in [0.29, 0.717) is 11.1 Å². The third-order valence-corrected chi connectivity index (χ3v) is 1.89. The summed E-state index contributed by atoms with van der Waals surface area (Å²) in [6.07, 6.45) is 8.70. The van der Waals surface area contributed by atoms with E-state index in [0.717, 1.165) is 23.7 Å². The van der Waals surface area contributed by atoms with Crippen molar-refractivity contribution < 1.29 is 9.59 Å². The molecule has 0 fully saturated rings. The molecule has 0 spiro atoms. The monoisotopic (exact) mass is 158 g/mol. The molecule has 0 saturated carbocycles. The van der Waals surface area contributed by atoms with Crippen LogP contribution in [0.3, 0.4) is 0 Å². The second-order valence-corrected chi connectivity index (χ2v) is 2.72. The molecule has 0 amide bonds. The van der Waals surface area contributed by atoms with Gasteiger partial charge in [-0.1, -0.05) is 0 Å². The Labute approximate surface area is 69.6 Å². The lowest BCUT2D eigenvalue weighted by atomic mass is 10.2. The van der Waals surface area contributed by atoms with E-state index in [-0.39, 0.29) is 0 Å². The summed E-state index contributed by atoms with van der Waals surface area (Å²) in [5, 5.41) is 0. The largest absolute Gasteiger partial charge is 0.298 e. The van der Waals surface area contributed by atoms with Crippen molar-refractivity contribution in [2.24, 2.45) is 0 Å². The minimum absolute atomic E-state index is 0.664. The van der Waals surface area contributed by atoms with E-state index in [1.54, 1.807) is 24.3 Å². The first-order valence-electron chi connectivity index (χ1n) is 3.61. The van der Waals surface area contributed by atoms with Crippen molar-refractivity contribution in [2.75, 3.05) is 0 Å². The summed E-state index contributed by atoms with van der Waals surface area (Å²) in [6.45, 7) is 0. The molecule has 0 aromatic heterocycles. The van der Waals surface area contributed by atoms with Crippen molar-refractivity contribution in [3.05, 3.63) is 46.6 Å². The van der Waals surface area contributed by atoms with Crippen LogP contribution < -0.4 is 0 Å². The molecule has 0 N–H and O–H groups in total. The van der Waals surface area contributed by atoms with Crippen LogP contribution in [0.15, 0.2) is 46.6 Å². The molecular weight excluding hydrogens is 152 g/mol. The van der Waals surface area contributed by atoms with Gasteiger partial charge in [-0.05, 0) is 35.5 Å². The summed E-state index contributed by atoms with van der Waals surface area (Å²) in [5.74, 6) is 0. The molecule has 12 heavy (non-hydrogen) atoms. The molecule has 0 radical (unpaired) electrons. The maximum atomic E-state index is 10.4. The van der Waals surface area contributed by atoms with Crippen molar-refractivity contribution in [1.29, 1.82) is 0 Å². The Bertz CT molecular complexity index is 341. The van der Waals surface area contributed by atoms with E-state index >= 15 is 0 Å². The van der Waals surface area contributed by atoms with E-state index in [1.165, 1.54) is 0 Å². The Kier molecular flexibility index (Phi) is 1.40. The van der Waals surface area contributed by atoms with E-state index in [9.17, 15) is 9.59 Å². The van der Waals surface area contributed by atoms with Gasteiger partial charge in [-0.2, -0.15) is 0 Å². The second-order valence-electron chi connectivity index (χ2n) is 2.72. The van der Waals surface area contributed by atoms with Crippen molar-refractivity contribution in [2.45, 2.75) is 0 Å². The topological polar surface area (TPSA) is 34.1 Å². The Morgan fingerprint density at radius 1 is 0.750 bits per heavy atom.